The Balaban J connectivity index is 1.94. The molecule has 0 aromatic heterocycles. The lowest BCUT2D eigenvalue weighted by molar-refractivity contribution is -0.121. The molecule has 5 heteroatoms. The van der Waals surface area contributed by atoms with Gasteiger partial charge in [0.15, 0.2) is 0 Å². The van der Waals surface area contributed by atoms with Gasteiger partial charge in [0, 0.05) is 12.0 Å². The molecule has 1 amide bonds. The van der Waals surface area contributed by atoms with Crippen LogP contribution in [0.5, 0.6) is 0 Å². The lowest BCUT2D eigenvalue weighted by atomic mass is 10.0. The molecule has 0 spiro atoms. The maximum atomic E-state index is 11.8. The van der Waals surface area contributed by atoms with Gasteiger partial charge in [-0.25, -0.2) is 5.43 Å². The Labute approximate surface area is 181 Å². The summed E-state index contributed by atoms with van der Waals surface area (Å²) >= 11 is 12.0. The average molecular weight is 427 g/mol. The van der Waals surface area contributed by atoms with Crippen molar-refractivity contribution in [1.82, 2.24) is 5.43 Å². The predicted molar refractivity (Wildman–Crippen MR) is 123 cm³/mol. The third-order valence-electron chi connectivity index (χ3n) is 4.88. The summed E-state index contributed by atoms with van der Waals surface area (Å²) in [5, 5.41) is 4.88. The highest BCUT2D eigenvalue weighted by molar-refractivity contribution is 6.43. The fraction of sp³-hybridized carbons (Fsp3) is 0.652. The zero-order valence-electron chi connectivity index (χ0n) is 17.3. The van der Waals surface area contributed by atoms with E-state index in [1.807, 2.05) is 0 Å². The van der Waals surface area contributed by atoms with E-state index < -0.39 is 0 Å². The Hall–Kier alpha value is -1.06. The van der Waals surface area contributed by atoms with E-state index in [9.17, 15) is 4.79 Å². The molecule has 1 N–H and O–H groups in total. The van der Waals surface area contributed by atoms with Crippen LogP contribution >= 0.6 is 23.2 Å². The van der Waals surface area contributed by atoms with Crippen molar-refractivity contribution in [3.63, 3.8) is 0 Å². The minimum absolute atomic E-state index is 0.0579. The molecule has 0 saturated heterocycles. The van der Waals surface area contributed by atoms with Gasteiger partial charge >= 0.3 is 0 Å². The highest BCUT2D eigenvalue weighted by Crippen LogP contribution is 2.24. The van der Waals surface area contributed by atoms with Crippen molar-refractivity contribution in [2.75, 3.05) is 0 Å². The summed E-state index contributed by atoms with van der Waals surface area (Å²) in [6, 6.07) is 5.32. The van der Waals surface area contributed by atoms with E-state index in [0.29, 0.717) is 22.0 Å². The Morgan fingerprint density at radius 1 is 0.893 bits per heavy atom. The summed E-state index contributed by atoms with van der Waals surface area (Å²) in [6.45, 7) is 2.26. The Morgan fingerprint density at radius 2 is 1.43 bits per heavy atom. The van der Waals surface area contributed by atoms with Gasteiger partial charge in [0.2, 0.25) is 5.91 Å². The number of hydrogen-bond acceptors (Lipinski definition) is 2. The summed E-state index contributed by atoms with van der Waals surface area (Å²) in [4.78, 5) is 11.8. The largest absolute Gasteiger partial charge is 0.273 e. The zero-order chi connectivity index (χ0) is 20.5. The van der Waals surface area contributed by atoms with Gasteiger partial charge < -0.3 is 0 Å². The molecule has 1 rings (SSSR count). The van der Waals surface area contributed by atoms with Crippen LogP contribution in [0.3, 0.4) is 0 Å². The smallest absolute Gasteiger partial charge is 0.240 e. The van der Waals surface area contributed by atoms with Gasteiger partial charge in [-0.3, -0.25) is 4.79 Å². The van der Waals surface area contributed by atoms with Gasteiger partial charge in [-0.15, -0.1) is 0 Å². The van der Waals surface area contributed by atoms with Crippen LogP contribution in [-0.2, 0) is 4.79 Å². The van der Waals surface area contributed by atoms with E-state index in [-0.39, 0.29) is 5.91 Å². The highest BCUT2D eigenvalue weighted by Gasteiger charge is 2.02. The molecular weight excluding hydrogens is 391 g/mol. The molecule has 0 aliphatic rings. The number of carbonyl (C=O) groups is 1. The fourth-order valence-corrected chi connectivity index (χ4v) is 3.51. The molecule has 0 aliphatic carbocycles. The van der Waals surface area contributed by atoms with Gasteiger partial charge in [-0.05, 0) is 12.5 Å². The van der Waals surface area contributed by atoms with Crippen molar-refractivity contribution in [2.45, 2.75) is 96.8 Å². The normalized spacial score (nSPS) is 11.2. The molecule has 0 fully saturated rings. The van der Waals surface area contributed by atoms with Gasteiger partial charge in [-0.2, -0.15) is 5.10 Å². The number of rotatable bonds is 16. The van der Waals surface area contributed by atoms with Crippen LogP contribution in [0.2, 0.25) is 10.0 Å². The van der Waals surface area contributed by atoms with Crippen LogP contribution in [0, 0.1) is 0 Å². The molecule has 3 nitrogen and oxygen atoms in total. The van der Waals surface area contributed by atoms with E-state index in [1.165, 1.54) is 76.8 Å². The maximum absolute atomic E-state index is 11.8. The van der Waals surface area contributed by atoms with E-state index in [2.05, 4.69) is 17.5 Å². The molecule has 0 radical (unpaired) electrons. The Morgan fingerprint density at radius 3 is 2.00 bits per heavy atom. The number of nitrogens with zero attached hydrogens (tertiary/aromatic N) is 1. The first-order valence-electron chi connectivity index (χ1n) is 10.9. The minimum Gasteiger partial charge on any atom is -0.273 e. The number of amides is 1. The summed E-state index contributed by atoms with van der Waals surface area (Å²) < 4.78 is 0. The maximum Gasteiger partial charge on any atom is 0.240 e. The lowest BCUT2D eigenvalue weighted by Crippen LogP contribution is -2.16. The molecule has 0 heterocycles. The van der Waals surface area contributed by atoms with Crippen LogP contribution in [0.1, 0.15) is 102 Å². The summed E-state index contributed by atoms with van der Waals surface area (Å²) in [7, 11) is 0. The van der Waals surface area contributed by atoms with E-state index in [4.69, 9.17) is 23.2 Å². The number of unbranched alkanes of at least 4 members (excludes halogenated alkanes) is 12. The first-order valence-corrected chi connectivity index (χ1v) is 11.7. The van der Waals surface area contributed by atoms with Crippen LogP contribution in [-0.4, -0.2) is 12.1 Å². The standard InChI is InChI=1S/C23H36Cl2N2O/c1-2-3-4-5-6-7-8-9-10-11-12-13-14-18-22(28)27-26-19-20-16-15-17-21(24)23(20)25/h15-17,19H,2-14,18H2,1H3,(H,27,28)/b26-19+. The average Bonchev–Trinajstić information content (AvgIpc) is 2.69. The second-order valence-corrected chi connectivity index (χ2v) is 8.21. The molecule has 158 valence electrons. The monoisotopic (exact) mass is 426 g/mol. The van der Waals surface area contributed by atoms with Crippen molar-refractivity contribution >= 4 is 35.3 Å². The van der Waals surface area contributed by atoms with Crippen LogP contribution in [0.15, 0.2) is 23.3 Å². The molecule has 0 atom stereocenters. The molecule has 0 saturated carbocycles. The molecule has 28 heavy (non-hydrogen) atoms. The molecular formula is C23H36Cl2N2O. The summed E-state index contributed by atoms with van der Waals surface area (Å²) in [5.41, 5.74) is 3.24. The van der Waals surface area contributed by atoms with Crippen molar-refractivity contribution in [3.05, 3.63) is 33.8 Å². The van der Waals surface area contributed by atoms with E-state index in [1.54, 1.807) is 18.2 Å². The highest BCUT2D eigenvalue weighted by atomic mass is 35.5. The summed E-state index contributed by atoms with van der Waals surface area (Å²) in [6.07, 6.45) is 18.9. The molecule has 0 bridgehead atoms. The predicted octanol–water partition coefficient (Wildman–Crippen LogP) is 7.92. The van der Waals surface area contributed by atoms with Crippen molar-refractivity contribution in [1.29, 1.82) is 0 Å². The van der Waals surface area contributed by atoms with Crippen LogP contribution in [0.4, 0.5) is 0 Å². The van der Waals surface area contributed by atoms with E-state index in [0.717, 1.165) is 12.8 Å². The third kappa shape index (κ3) is 12.4. The Bertz CT molecular complexity index is 576. The number of halogens is 2. The summed E-state index contributed by atoms with van der Waals surface area (Å²) in [5.74, 6) is -0.0579. The zero-order valence-corrected chi connectivity index (χ0v) is 18.8. The number of carbonyl (C=O) groups excluding carboxylic acids is 1. The number of hydrazone groups is 1. The van der Waals surface area contributed by atoms with Crippen molar-refractivity contribution in [3.8, 4) is 0 Å². The first kappa shape index (κ1) is 25.0. The SMILES string of the molecule is CCCCCCCCCCCCCCCC(=O)N/N=C/c1cccc(Cl)c1Cl. The van der Waals surface area contributed by atoms with Gasteiger partial charge in [0.1, 0.15) is 0 Å². The lowest BCUT2D eigenvalue weighted by Gasteiger charge is -2.03. The van der Waals surface area contributed by atoms with Gasteiger partial charge in [0.05, 0.1) is 16.3 Å². The molecule has 0 unspecified atom stereocenters. The quantitative estimate of drug-likeness (QED) is 0.162. The second kappa shape index (κ2) is 16.9. The number of nitrogens with one attached hydrogen (secondary N) is 1. The number of hydrogen-bond donors (Lipinski definition) is 1. The topological polar surface area (TPSA) is 41.5 Å². The van der Waals surface area contributed by atoms with Gasteiger partial charge in [-0.1, -0.05) is 119 Å². The Kier molecular flexibility index (Phi) is 15.0. The first-order chi connectivity index (χ1) is 13.6. The van der Waals surface area contributed by atoms with Crippen molar-refractivity contribution < 1.29 is 4.79 Å². The van der Waals surface area contributed by atoms with E-state index >= 15 is 0 Å². The van der Waals surface area contributed by atoms with Crippen LogP contribution in [0.25, 0.3) is 0 Å². The molecule has 1 aromatic rings. The second-order valence-electron chi connectivity index (χ2n) is 7.43. The number of benzene rings is 1. The molecule has 0 aliphatic heterocycles. The minimum atomic E-state index is -0.0579. The van der Waals surface area contributed by atoms with Crippen LogP contribution < -0.4 is 5.43 Å². The molecule has 1 aromatic carbocycles. The fourth-order valence-electron chi connectivity index (χ4n) is 3.15. The third-order valence-corrected chi connectivity index (χ3v) is 5.72. The van der Waals surface area contributed by atoms with Gasteiger partial charge in [0.25, 0.3) is 0 Å². The van der Waals surface area contributed by atoms with Crippen molar-refractivity contribution in [2.24, 2.45) is 5.10 Å².